The number of carbonyl (C=O) groups excluding carboxylic acids is 2. The molecule has 0 saturated carbocycles. The van der Waals surface area contributed by atoms with Crippen LogP contribution in [0.15, 0.2) is 0 Å². The van der Waals surface area contributed by atoms with Crippen LogP contribution in [0, 0.1) is 5.92 Å². The van der Waals surface area contributed by atoms with E-state index in [0.717, 1.165) is 25.9 Å². The SMILES string of the molecule is COC(=O)C(NC(C)C(=O)N1CCCC1)C(C)C. The highest BCUT2D eigenvalue weighted by Crippen LogP contribution is 2.11. The van der Waals surface area contributed by atoms with Gasteiger partial charge in [0.1, 0.15) is 6.04 Å². The summed E-state index contributed by atoms with van der Waals surface area (Å²) in [6.07, 6.45) is 2.14. The molecule has 0 aromatic rings. The van der Waals surface area contributed by atoms with E-state index in [1.54, 1.807) is 6.92 Å². The molecule has 1 saturated heterocycles. The van der Waals surface area contributed by atoms with Gasteiger partial charge in [-0.15, -0.1) is 0 Å². The van der Waals surface area contributed by atoms with Crippen molar-refractivity contribution >= 4 is 11.9 Å². The second-order valence-corrected chi connectivity index (χ2v) is 5.17. The number of amides is 1. The van der Waals surface area contributed by atoms with E-state index in [0.29, 0.717) is 0 Å². The van der Waals surface area contributed by atoms with Crippen molar-refractivity contribution < 1.29 is 14.3 Å². The Bertz CT molecular complexity index is 299. The number of nitrogens with zero attached hydrogens (tertiary/aromatic N) is 1. The topological polar surface area (TPSA) is 58.6 Å². The smallest absolute Gasteiger partial charge is 0.323 e. The first-order valence-corrected chi connectivity index (χ1v) is 6.60. The third-order valence-electron chi connectivity index (χ3n) is 3.34. The molecule has 1 amide bonds. The van der Waals surface area contributed by atoms with E-state index >= 15 is 0 Å². The summed E-state index contributed by atoms with van der Waals surface area (Å²) in [6.45, 7) is 7.33. The molecule has 1 aliphatic rings. The first-order chi connectivity index (χ1) is 8.47. The zero-order valence-corrected chi connectivity index (χ0v) is 11.7. The number of carbonyl (C=O) groups is 2. The standard InChI is InChI=1S/C13H24N2O3/c1-9(2)11(13(17)18-4)14-10(3)12(16)15-7-5-6-8-15/h9-11,14H,5-8H2,1-4H3. The van der Waals surface area contributed by atoms with Gasteiger partial charge in [0.15, 0.2) is 0 Å². The van der Waals surface area contributed by atoms with Crippen molar-refractivity contribution in [2.45, 2.75) is 45.7 Å². The van der Waals surface area contributed by atoms with Crippen LogP contribution in [0.3, 0.4) is 0 Å². The van der Waals surface area contributed by atoms with Gasteiger partial charge in [-0.2, -0.15) is 0 Å². The Morgan fingerprint density at radius 2 is 1.72 bits per heavy atom. The number of hydrogen-bond donors (Lipinski definition) is 1. The fourth-order valence-electron chi connectivity index (χ4n) is 2.21. The van der Waals surface area contributed by atoms with E-state index in [2.05, 4.69) is 5.32 Å². The number of rotatable bonds is 5. The zero-order valence-electron chi connectivity index (χ0n) is 11.7. The minimum atomic E-state index is -0.434. The van der Waals surface area contributed by atoms with Gasteiger partial charge in [0.05, 0.1) is 13.2 Å². The highest BCUT2D eigenvalue weighted by molar-refractivity contribution is 5.83. The monoisotopic (exact) mass is 256 g/mol. The minimum absolute atomic E-state index is 0.0713. The molecule has 18 heavy (non-hydrogen) atoms. The van der Waals surface area contributed by atoms with E-state index in [-0.39, 0.29) is 23.8 Å². The first kappa shape index (κ1) is 15.0. The normalized spacial score (nSPS) is 18.8. The molecule has 0 aliphatic carbocycles. The fourth-order valence-corrected chi connectivity index (χ4v) is 2.21. The number of likely N-dealkylation sites (tertiary alicyclic amines) is 1. The number of ether oxygens (including phenoxy) is 1. The van der Waals surface area contributed by atoms with Crippen molar-refractivity contribution in [2.75, 3.05) is 20.2 Å². The second kappa shape index (κ2) is 6.73. The van der Waals surface area contributed by atoms with Crippen molar-refractivity contribution in [1.82, 2.24) is 10.2 Å². The molecule has 5 heteroatoms. The van der Waals surface area contributed by atoms with Gasteiger partial charge in [-0.25, -0.2) is 0 Å². The predicted octanol–water partition coefficient (Wildman–Crippen LogP) is 0.785. The van der Waals surface area contributed by atoms with Crippen LogP contribution in [-0.2, 0) is 14.3 Å². The highest BCUT2D eigenvalue weighted by Gasteiger charge is 2.29. The summed E-state index contributed by atoms with van der Waals surface area (Å²) >= 11 is 0. The second-order valence-electron chi connectivity index (χ2n) is 5.17. The van der Waals surface area contributed by atoms with Crippen molar-refractivity contribution in [1.29, 1.82) is 0 Å². The van der Waals surface area contributed by atoms with Gasteiger partial charge in [0.25, 0.3) is 0 Å². The number of nitrogens with one attached hydrogen (secondary N) is 1. The number of hydrogen-bond acceptors (Lipinski definition) is 4. The van der Waals surface area contributed by atoms with Crippen LogP contribution < -0.4 is 5.32 Å². The Morgan fingerprint density at radius 1 is 1.17 bits per heavy atom. The van der Waals surface area contributed by atoms with Crippen molar-refractivity contribution in [3.05, 3.63) is 0 Å². The highest BCUT2D eigenvalue weighted by atomic mass is 16.5. The van der Waals surface area contributed by atoms with Crippen LogP contribution in [0.1, 0.15) is 33.6 Å². The third-order valence-corrected chi connectivity index (χ3v) is 3.34. The fraction of sp³-hybridized carbons (Fsp3) is 0.846. The average Bonchev–Trinajstić information content (AvgIpc) is 2.87. The summed E-state index contributed by atoms with van der Waals surface area (Å²) in [5, 5.41) is 3.08. The predicted molar refractivity (Wildman–Crippen MR) is 69.1 cm³/mol. The Labute approximate surface area is 109 Å². The van der Waals surface area contributed by atoms with Crippen LogP contribution in [0.2, 0.25) is 0 Å². The van der Waals surface area contributed by atoms with Crippen LogP contribution >= 0.6 is 0 Å². The van der Waals surface area contributed by atoms with E-state index in [4.69, 9.17) is 4.74 Å². The lowest BCUT2D eigenvalue weighted by Gasteiger charge is -2.26. The average molecular weight is 256 g/mol. The molecule has 1 rings (SSSR count). The molecule has 0 aromatic carbocycles. The van der Waals surface area contributed by atoms with Crippen molar-refractivity contribution in [3.63, 3.8) is 0 Å². The Hall–Kier alpha value is -1.10. The minimum Gasteiger partial charge on any atom is -0.468 e. The molecule has 104 valence electrons. The first-order valence-electron chi connectivity index (χ1n) is 6.60. The molecule has 5 nitrogen and oxygen atoms in total. The third kappa shape index (κ3) is 3.70. The van der Waals surface area contributed by atoms with Crippen LogP contribution in [-0.4, -0.2) is 49.1 Å². The molecule has 0 spiro atoms. The largest absolute Gasteiger partial charge is 0.468 e. The molecular weight excluding hydrogens is 232 g/mol. The maximum absolute atomic E-state index is 12.1. The molecule has 0 bridgehead atoms. The van der Waals surface area contributed by atoms with E-state index in [9.17, 15) is 9.59 Å². The molecule has 1 fully saturated rings. The summed E-state index contributed by atoms with van der Waals surface area (Å²) in [5.74, 6) is -0.153. The quantitative estimate of drug-likeness (QED) is 0.739. The maximum atomic E-state index is 12.1. The van der Waals surface area contributed by atoms with Crippen LogP contribution in [0.25, 0.3) is 0 Å². The molecule has 1 aliphatic heterocycles. The molecular formula is C13H24N2O3. The molecule has 1 N–H and O–H groups in total. The lowest BCUT2D eigenvalue weighted by Crippen LogP contribution is -2.52. The molecule has 2 atom stereocenters. The lowest BCUT2D eigenvalue weighted by molar-refractivity contribution is -0.145. The van der Waals surface area contributed by atoms with Gasteiger partial charge in [-0.1, -0.05) is 13.8 Å². The molecule has 2 unspecified atom stereocenters. The van der Waals surface area contributed by atoms with E-state index in [1.165, 1.54) is 7.11 Å². The summed E-state index contributed by atoms with van der Waals surface area (Å²) in [7, 11) is 1.37. The van der Waals surface area contributed by atoms with Gasteiger partial charge in [-0.3, -0.25) is 14.9 Å². The van der Waals surface area contributed by atoms with E-state index in [1.807, 2.05) is 18.7 Å². The maximum Gasteiger partial charge on any atom is 0.323 e. The van der Waals surface area contributed by atoms with Gasteiger partial charge < -0.3 is 9.64 Å². The van der Waals surface area contributed by atoms with Gasteiger partial charge in [0, 0.05) is 13.1 Å². The summed E-state index contributed by atoms with van der Waals surface area (Å²) in [5.41, 5.74) is 0. The van der Waals surface area contributed by atoms with Gasteiger partial charge >= 0.3 is 5.97 Å². The zero-order chi connectivity index (χ0) is 13.7. The van der Waals surface area contributed by atoms with E-state index < -0.39 is 6.04 Å². The molecule has 0 aromatic heterocycles. The van der Waals surface area contributed by atoms with Crippen LogP contribution in [0.4, 0.5) is 0 Å². The van der Waals surface area contributed by atoms with Crippen molar-refractivity contribution in [2.24, 2.45) is 5.92 Å². The lowest BCUT2D eigenvalue weighted by atomic mass is 10.0. The van der Waals surface area contributed by atoms with Gasteiger partial charge in [-0.05, 0) is 25.7 Å². The molecule has 0 radical (unpaired) electrons. The summed E-state index contributed by atoms with van der Waals surface area (Å²) < 4.78 is 4.75. The molecule has 1 heterocycles. The summed E-state index contributed by atoms with van der Waals surface area (Å²) in [4.78, 5) is 25.6. The van der Waals surface area contributed by atoms with Crippen molar-refractivity contribution in [3.8, 4) is 0 Å². The number of esters is 1. The van der Waals surface area contributed by atoms with Gasteiger partial charge in [0.2, 0.25) is 5.91 Å². The Morgan fingerprint density at radius 3 is 2.17 bits per heavy atom. The summed E-state index contributed by atoms with van der Waals surface area (Å²) in [6, 6.07) is -0.786. The number of methoxy groups -OCH3 is 1. The Kier molecular flexibility index (Phi) is 5.59. The Balaban J connectivity index is 2.57. The van der Waals surface area contributed by atoms with Crippen LogP contribution in [0.5, 0.6) is 0 Å².